The van der Waals surface area contributed by atoms with E-state index >= 15 is 0 Å². The number of nitrogens with two attached hydrogens (primary N) is 2. The van der Waals surface area contributed by atoms with Gasteiger partial charge in [0.05, 0.1) is 0 Å². The van der Waals surface area contributed by atoms with Crippen LogP contribution in [0.5, 0.6) is 0 Å². The molecule has 0 aromatic carbocycles. The zero-order chi connectivity index (χ0) is 14.3. The van der Waals surface area contributed by atoms with Crippen molar-refractivity contribution >= 4 is 11.8 Å². The normalized spacial score (nSPS) is 10.2. The Hall–Kier alpha value is -1.18. The predicted molar refractivity (Wildman–Crippen MR) is 75.5 cm³/mol. The van der Waals surface area contributed by atoms with E-state index < -0.39 is 0 Å². The van der Waals surface area contributed by atoms with E-state index in [0.29, 0.717) is 52.1 Å². The zero-order valence-corrected chi connectivity index (χ0v) is 11.5. The zero-order valence-electron chi connectivity index (χ0n) is 11.5. The number of hydrogen-bond donors (Lipinski definition) is 5. The first-order valence-electron chi connectivity index (χ1n) is 6.85. The molecule has 2 amide bonds. The van der Waals surface area contributed by atoms with Crippen molar-refractivity contribution in [2.75, 3.05) is 39.3 Å². The van der Waals surface area contributed by atoms with Crippen LogP contribution in [0.4, 0.5) is 0 Å². The molecule has 7 heteroatoms. The van der Waals surface area contributed by atoms with Gasteiger partial charge in [-0.05, 0) is 25.9 Å². The molecule has 0 spiro atoms. The lowest BCUT2D eigenvalue weighted by Crippen LogP contribution is -2.32. The van der Waals surface area contributed by atoms with E-state index in [9.17, 15) is 9.59 Å². The Balaban J connectivity index is 3.29. The molecule has 112 valence electrons. The van der Waals surface area contributed by atoms with Gasteiger partial charge in [0.2, 0.25) is 11.8 Å². The van der Waals surface area contributed by atoms with Crippen LogP contribution in [-0.2, 0) is 9.59 Å². The molecule has 0 aliphatic rings. The van der Waals surface area contributed by atoms with Crippen LogP contribution in [0.1, 0.15) is 25.7 Å². The Bertz CT molecular complexity index is 224. The van der Waals surface area contributed by atoms with E-state index in [1.807, 2.05) is 0 Å². The molecule has 0 fully saturated rings. The Morgan fingerprint density at radius 1 is 0.737 bits per heavy atom. The van der Waals surface area contributed by atoms with Crippen molar-refractivity contribution in [2.45, 2.75) is 25.7 Å². The summed E-state index contributed by atoms with van der Waals surface area (Å²) in [6, 6.07) is 0. The number of carbonyl (C=O) groups is 2. The van der Waals surface area contributed by atoms with Gasteiger partial charge < -0.3 is 27.4 Å². The second kappa shape index (κ2) is 13.3. The van der Waals surface area contributed by atoms with Crippen LogP contribution >= 0.6 is 0 Å². The van der Waals surface area contributed by atoms with Gasteiger partial charge in [-0.25, -0.2) is 0 Å². The number of amides is 2. The molecule has 0 aromatic heterocycles. The topological polar surface area (TPSA) is 122 Å². The maximum Gasteiger partial charge on any atom is 0.221 e. The SMILES string of the molecule is NCCCNC(=O)CCNCCC(=O)NCCCN. The van der Waals surface area contributed by atoms with Gasteiger partial charge in [-0.1, -0.05) is 0 Å². The standard InChI is InChI=1S/C12H27N5O2/c13-5-1-7-16-11(18)3-9-15-10-4-12(19)17-8-2-6-14/h15H,1-10,13-14H2,(H,16,18)(H,17,19). The summed E-state index contributed by atoms with van der Waals surface area (Å²) in [6.45, 7) is 3.56. The fourth-order valence-electron chi connectivity index (χ4n) is 1.37. The number of carbonyl (C=O) groups excluding carboxylic acids is 2. The lowest BCUT2D eigenvalue weighted by atomic mass is 10.3. The average Bonchev–Trinajstić information content (AvgIpc) is 2.39. The van der Waals surface area contributed by atoms with E-state index in [-0.39, 0.29) is 11.8 Å². The largest absolute Gasteiger partial charge is 0.356 e. The predicted octanol–water partition coefficient (Wildman–Crippen LogP) is -1.71. The highest BCUT2D eigenvalue weighted by Crippen LogP contribution is 1.82. The Kier molecular flexibility index (Phi) is 12.4. The third-order valence-electron chi connectivity index (χ3n) is 2.46. The monoisotopic (exact) mass is 273 g/mol. The molecule has 0 aromatic rings. The van der Waals surface area contributed by atoms with Crippen molar-refractivity contribution in [1.82, 2.24) is 16.0 Å². The molecule has 0 saturated carbocycles. The quantitative estimate of drug-likeness (QED) is 0.271. The Morgan fingerprint density at radius 2 is 1.16 bits per heavy atom. The highest BCUT2D eigenvalue weighted by atomic mass is 16.2. The summed E-state index contributed by atoms with van der Waals surface area (Å²) in [5.74, 6) is 0.0155. The van der Waals surface area contributed by atoms with Crippen molar-refractivity contribution in [3.63, 3.8) is 0 Å². The first kappa shape index (κ1) is 17.8. The van der Waals surface area contributed by atoms with Gasteiger partial charge in [0.1, 0.15) is 0 Å². The molecule has 0 atom stereocenters. The third kappa shape index (κ3) is 13.1. The van der Waals surface area contributed by atoms with E-state index in [2.05, 4.69) is 16.0 Å². The van der Waals surface area contributed by atoms with Crippen molar-refractivity contribution in [3.8, 4) is 0 Å². The lowest BCUT2D eigenvalue weighted by molar-refractivity contribution is -0.121. The maximum atomic E-state index is 11.3. The molecule has 0 unspecified atom stereocenters. The Labute approximate surface area is 114 Å². The number of nitrogens with one attached hydrogen (secondary N) is 3. The van der Waals surface area contributed by atoms with E-state index in [1.54, 1.807) is 0 Å². The minimum Gasteiger partial charge on any atom is -0.356 e. The molecule has 0 saturated heterocycles. The smallest absolute Gasteiger partial charge is 0.221 e. The van der Waals surface area contributed by atoms with Gasteiger partial charge in [-0.15, -0.1) is 0 Å². The fourth-order valence-corrected chi connectivity index (χ4v) is 1.37. The van der Waals surface area contributed by atoms with Crippen LogP contribution in [0.25, 0.3) is 0 Å². The lowest BCUT2D eigenvalue weighted by Gasteiger charge is -2.06. The highest BCUT2D eigenvalue weighted by molar-refractivity contribution is 5.76. The van der Waals surface area contributed by atoms with Crippen LogP contribution < -0.4 is 27.4 Å². The van der Waals surface area contributed by atoms with Crippen LogP contribution in [0.3, 0.4) is 0 Å². The molecule has 0 rings (SSSR count). The van der Waals surface area contributed by atoms with Crippen LogP contribution in [-0.4, -0.2) is 51.1 Å². The summed E-state index contributed by atoms with van der Waals surface area (Å²) in [7, 11) is 0. The second-order valence-corrected chi connectivity index (χ2v) is 4.23. The average molecular weight is 273 g/mol. The van der Waals surface area contributed by atoms with Gasteiger partial charge in [-0.3, -0.25) is 9.59 Å². The molecule has 7 N–H and O–H groups in total. The van der Waals surface area contributed by atoms with Gasteiger partial charge >= 0.3 is 0 Å². The molecule has 0 aliphatic carbocycles. The molecule has 0 heterocycles. The molecule has 7 nitrogen and oxygen atoms in total. The van der Waals surface area contributed by atoms with Crippen molar-refractivity contribution in [2.24, 2.45) is 11.5 Å². The van der Waals surface area contributed by atoms with Crippen molar-refractivity contribution in [3.05, 3.63) is 0 Å². The van der Waals surface area contributed by atoms with Crippen LogP contribution in [0.15, 0.2) is 0 Å². The van der Waals surface area contributed by atoms with E-state index in [0.717, 1.165) is 12.8 Å². The van der Waals surface area contributed by atoms with Gasteiger partial charge in [0, 0.05) is 39.0 Å². The summed E-state index contributed by atoms with van der Waals surface area (Å²) in [5.41, 5.74) is 10.6. The molecule has 0 aliphatic heterocycles. The summed E-state index contributed by atoms with van der Waals surface area (Å²) < 4.78 is 0. The maximum absolute atomic E-state index is 11.3. The van der Waals surface area contributed by atoms with Gasteiger partial charge in [-0.2, -0.15) is 0 Å². The van der Waals surface area contributed by atoms with Crippen LogP contribution in [0, 0.1) is 0 Å². The molecule has 0 radical (unpaired) electrons. The van der Waals surface area contributed by atoms with E-state index in [1.165, 1.54) is 0 Å². The molecular weight excluding hydrogens is 246 g/mol. The second-order valence-electron chi connectivity index (χ2n) is 4.23. The summed E-state index contributed by atoms with van der Waals surface area (Å²) in [6.07, 6.45) is 2.42. The summed E-state index contributed by atoms with van der Waals surface area (Å²) in [5, 5.41) is 8.59. The first-order chi connectivity index (χ1) is 9.20. The molecule has 0 bridgehead atoms. The number of hydrogen-bond acceptors (Lipinski definition) is 5. The van der Waals surface area contributed by atoms with Gasteiger partial charge in [0.15, 0.2) is 0 Å². The summed E-state index contributed by atoms with van der Waals surface area (Å²) in [4.78, 5) is 22.6. The summed E-state index contributed by atoms with van der Waals surface area (Å²) >= 11 is 0. The first-order valence-corrected chi connectivity index (χ1v) is 6.85. The van der Waals surface area contributed by atoms with Gasteiger partial charge in [0.25, 0.3) is 0 Å². The Morgan fingerprint density at radius 3 is 1.53 bits per heavy atom. The van der Waals surface area contributed by atoms with Crippen LogP contribution in [0.2, 0.25) is 0 Å². The van der Waals surface area contributed by atoms with Crippen molar-refractivity contribution in [1.29, 1.82) is 0 Å². The molecular formula is C12H27N5O2. The minimum atomic E-state index is 0.00773. The minimum absolute atomic E-state index is 0.00773. The third-order valence-corrected chi connectivity index (χ3v) is 2.46. The van der Waals surface area contributed by atoms with Crippen molar-refractivity contribution < 1.29 is 9.59 Å². The highest BCUT2D eigenvalue weighted by Gasteiger charge is 2.01. The number of rotatable bonds is 12. The van der Waals surface area contributed by atoms with E-state index in [4.69, 9.17) is 11.5 Å². The fraction of sp³-hybridized carbons (Fsp3) is 0.833. The molecule has 19 heavy (non-hydrogen) atoms.